The van der Waals surface area contributed by atoms with Crippen LogP contribution in [-0.4, -0.2) is 40.1 Å². The van der Waals surface area contributed by atoms with Crippen molar-refractivity contribution in [2.24, 2.45) is 0 Å². The maximum Gasteiger partial charge on any atom is 0.159 e. The highest BCUT2D eigenvalue weighted by Crippen LogP contribution is 2.34. The van der Waals surface area contributed by atoms with E-state index < -0.39 is 0 Å². The predicted octanol–water partition coefficient (Wildman–Crippen LogP) is 5.59. The number of aromatic nitrogens is 3. The molecule has 5 nitrogen and oxygen atoms in total. The Bertz CT molecular complexity index is 1180. The first-order valence-corrected chi connectivity index (χ1v) is 11.5. The van der Waals surface area contributed by atoms with Crippen molar-refractivity contribution >= 4 is 0 Å². The number of hydrogen-bond acceptors (Lipinski definition) is 5. The fourth-order valence-electron chi connectivity index (χ4n) is 4.60. The van der Waals surface area contributed by atoms with Crippen LogP contribution < -0.4 is 4.74 Å². The van der Waals surface area contributed by atoms with Gasteiger partial charge in [0.15, 0.2) is 5.82 Å². The lowest BCUT2D eigenvalue weighted by atomic mass is 9.89. The summed E-state index contributed by atoms with van der Waals surface area (Å²) in [5.41, 5.74) is 5.74. The number of rotatable bonds is 6. The van der Waals surface area contributed by atoms with E-state index in [2.05, 4.69) is 46.3 Å². The van der Waals surface area contributed by atoms with Crippen LogP contribution in [0.25, 0.3) is 22.5 Å². The van der Waals surface area contributed by atoms with Crippen LogP contribution in [0.5, 0.6) is 5.75 Å². The third-order valence-electron chi connectivity index (χ3n) is 6.30. The van der Waals surface area contributed by atoms with E-state index >= 15 is 0 Å². The normalized spacial score (nSPS) is 16.5. The second kappa shape index (κ2) is 9.92. The summed E-state index contributed by atoms with van der Waals surface area (Å²) in [5, 5.41) is 0. The highest BCUT2D eigenvalue weighted by Gasteiger charge is 2.26. The molecule has 0 amide bonds. The van der Waals surface area contributed by atoms with Gasteiger partial charge in [-0.25, -0.2) is 9.97 Å². The molecule has 1 aliphatic heterocycles. The third-order valence-corrected chi connectivity index (χ3v) is 6.30. The second-order valence-corrected chi connectivity index (χ2v) is 8.52. The fraction of sp³-hybridized carbons (Fsp3) is 0.250. The van der Waals surface area contributed by atoms with Gasteiger partial charge in [0, 0.05) is 48.7 Å². The van der Waals surface area contributed by atoms with E-state index in [1.54, 1.807) is 19.5 Å². The molecule has 0 radical (unpaired) electrons. The average molecular weight is 437 g/mol. The first-order valence-electron chi connectivity index (χ1n) is 11.5. The zero-order valence-electron chi connectivity index (χ0n) is 18.9. The lowest BCUT2D eigenvalue weighted by Crippen LogP contribution is -2.34. The van der Waals surface area contributed by atoms with Crippen molar-refractivity contribution in [3.8, 4) is 28.3 Å². The molecule has 5 heteroatoms. The van der Waals surface area contributed by atoms with E-state index in [0.29, 0.717) is 5.92 Å². The fourth-order valence-corrected chi connectivity index (χ4v) is 4.60. The summed E-state index contributed by atoms with van der Waals surface area (Å²) >= 11 is 0. The van der Waals surface area contributed by atoms with Crippen molar-refractivity contribution in [2.75, 3.05) is 20.2 Å². The highest BCUT2D eigenvalue weighted by atomic mass is 16.5. The highest BCUT2D eigenvalue weighted by molar-refractivity contribution is 5.67. The van der Waals surface area contributed by atoms with E-state index in [4.69, 9.17) is 14.7 Å². The molecule has 1 atom stereocenters. The minimum atomic E-state index is 0.357. The molecule has 0 N–H and O–H groups in total. The molecule has 1 fully saturated rings. The number of likely N-dealkylation sites (tertiary alicyclic amines) is 1. The maximum atomic E-state index is 5.31. The molecule has 0 saturated carbocycles. The van der Waals surface area contributed by atoms with Gasteiger partial charge in [0.2, 0.25) is 0 Å². The lowest BCUT2D eigenvalue weighted by molar-refractivity contribution is 0.198. The summed E-state index contributed by atoms with van der Waals surface area (Å²) in [6.07, 6.45) is 7.87. The largest absolute Gasteiger partial charge is 0.497 e. The van der Waals surface area contributed by atoms with Gasteiger partial charge in [-0.1, -0.05) is 42.5 Å². The molecule has 166 valence electrons. The van der Waals surface area contributed by atoms with Crippen molar-refractivity contribution in [3.05, 3.63) is 96.6 Å². The van der Waals surface area contributed by atoms with Gasteiger partial charge in [0.25, 0.3) is 0 Å². The Morgan fingerprint density at radius 3 is 2.48 bits per heavy atom. The van der Waals surface area contributed by atoms with E-state index in [0.717, 1.165) is 60.9 Å². The number of nitrogens with zero attached hydrogens (tertiary/aromatic N) is 4. The molecule has 0 aliphatic carbocycles. The van der Waals surface area contributed by atoms with Crippen molar-refractivity contribution in [2.45, 2.75) is 25.3 Å². The Balaban J connectivity index is 1.45. The monoisotopic (exact) mass is 436 g/mol. The standard InChI is InChI=1S/C28H28N4O/c1-33-25-11-9-21(10-12-25)19-32-17-5-8-24(20-32)27-26(22-6-3-2-4-7-22)18-30-28(31-27)23-13-15-29-16-14-23/h2-4,6-7,9-16,18,24H,5,8,17,19-20H2,1H3. The van der Waals surface area contributed by atoms with Crippen LogP contribution in [-0.2, 0) is 6.54 Å². The Morgan fingerprint density at radius 1 is 0.939 bits per heavy atom. The summed E-state index contributed by atoms with van der Waals surface area (Å²) < 4.78 is 5.31. The number of ether oxygens (including phenoxy) is 1. The van der Waals surface area contributed by atoms with Gasteiger partial charge >= 0.3 is 0 Å². The summed E-state index contributed by atoms with van der Waals surface area (Å²) in [6, 6.07) is 22.8. The lowest BCUT2D eigenvalue weighted by Gasteiger charge is -2.33. The van der Waals surface area contributed by atoms with Gasteiger partial charge in [-0.05, 0) is 54.8 Å². The van der Waals surface area contributed by atoms with Crippen molar-refractivity contribution in [3.63, 3.8) is 0 Å². The molecule has 0 bridgehead atoms. The van der Waals surface area contributed by atoms with Crippen LogP contribution in [0.1, 0.15) is 30.0 Å². The topological polar surface area (TPSA) is 51.1 Å². The second-order valence-electron chi connectivity index (χ2n) is 8.52. The van der Waals surface area contributed by atoms with Crippen LogP contribution in [0, 0.1) is 0 Å². The van der Waals surface area contributed by atoms with Crippen LogP contribution in [0.15, 0.2) is 85.3 Å². The summed E-state index contributed by atoms with van der Waals surface area (Å²) in [4.78, 5) is 16.5. The first kappa shape index (κ1) is 21.3. The minimum Gasteiger partial charge on any atom is -0.497 e. The summed E-state index contributed by atoms with van der Waals surface area (Å²) in [5.74, 6) is 2.02. The van der Waals surface area contributed by atoms with Gasteiger partial charge in [-0.15, -0.1) is 0 Å². The molecule has 5 rings (SSSR count). The quantitative estimate of drug-likeness (QED) is 0.394. The number of benzene rings is 2. The van der Waals surface area contributed by atoms with E-state index in [1.165, 1.54) is 11.1 Å². The SMILES string of the molecule is COc1ccc(CN2CCCC(c3nc(-c4ccncc4)ncc3-c3ccccc3)C2)cc1. The van der Waals surface area contributed by atoms with Gasteiger partial charge < -0.3 is 4.74 Å². The van der Waals surface area contributed by atoms with Crippen molar-refractivity contribution in [1.82, 2.24) is 19.9 Å². The number of pyridine rings is 1. The van der Waals surface area contributed by atoms with Gasteiger partial charge in [0.1, 0.15) is 5.75 Å². The maximum absolute atomic E-state index is 5.31. The number of hydrogen-bond donors (Lipinski definition) is 0. The van der Waals surface area contributed by atoms with E-state index in [-0.39, 0.29) is 0 Å². The zero-order chi connectivity index (χ0) is 22.5. The Morgan fingerprint density at radius 2 is 1.73 bits per heavy atom. The average Bonchev–Trinajstić information content (AvgIpc) is 2.90. The van der Waals surface area contributed by atoms with Crippen molar-refractivity contribution in [1.29, 1.82) is 0 Å². The van der Waals surface area contributed by atoms with Crippen LogP contribution in [0.4, 0.5) is 0 Å². The summed E-state index contributed by atoms with van der Waals surface area (Å²) in [6.45, 7) is 3.02. The van der Waals surface area contributed by atoms with Gasteiger partial charge in [-0.3, -0.25) is 9.88 Å². The molecular weight excluding hydrogens is 408 g/mol. The molecule has 33 heavy (non-hydrogen) atoms. The molecule has 0 spiro atoms. The Labute approximate surface area is 195 Å². The van der Waals surface area contributed by atoms with Crippen LogP contribution in [0.3, 0.4) is 0 Å². The summed E-state index contributed by atoms with van der Waals surface area (Å²) in [7, 11) is 1.70. The molecule has 1 unspecified atom stereocenters. The van der Waals surface area contributed by atoms with Crippen LogP contribution in [0.2, 0.25) is 0 Å². The molecule has 2 aromatic heterocycles. The zero-order valence-corrected chi connectivity index (χ0v) is 18.9. The Hall–Kier alpha value is -3.57. The number of piperidine rings is 1. The molecule has 1 saturated heterocycles. The minimum absolute atomic E-state index is 0.357. The van der Waals surface area contributed by atoms with E-state index in [9.17, 15) is 0 Å². The molecule has 1 aliphatic rings. The predicted molar refractivity (Wildman–Crippen MR) is 131 cm³/mol. The molecule has 4 aromatic rings. The third kappa shape index (κ3) is 4.94. The number of methoxy groups -OCH3 is 1. The van der Waals surface area contributed by atoms with Crippen LogP contribution >= 0.6 is 0 Å². The van der Waals surface area contributed by atoms with Gasteiger partial charge in [-0.2, -0.15) is 0 Å². The van der Waals surface area contributed by atoms with E-state index in [1.807, 2.05) is 36.5 Å². The van der Waals surface area contributed by atoms with Crippen molar-refractivity contribution < 1.29 is 4.74 Å². The molecular formula is C28H28N4O. The van der Waals surface area contributed by atoms with Gasteiger partial charge in [0.05, 0.1) is 12.8 Å². The first-order chi connectivity index (χ1) is 16.3. The molecule has 2 aromatic carbocycles. The Kier molecular flexibility index (Phi) is 6.40. The molecule has 3 heterocycles. The smallest absolute Gasteiger partial charge is 0.159 e.